The maximum atomic E-state index is 5.69. The summed E-state index contributed by atoms with van der Waals surface area (Å²) in [7, 11) is 1.69. The maximum absolute atomic E-state index is 5.69. The molecule has 0 spiro atoms. The van der Waals surface area contributed by atoms with E-state index in [0.717, 1.165) is 40.4 Å². The SMILES string of the molecule is COc1ccc(-c2nc(CCCCl)cs2)cc1C. The van der Waals surface area contributed by atoms with Gasteiger partial charge in [0.25, 0.3) is 0 Å². The first-order chi connectivity index (χ1) is 8.74. The fourth-order valence-electron chi connectivity index (χ4n) is 1.81. The number of benzene rings is 1. The molecule has 0 N–H and O–H groups in total. The Morgan fingerprint density at radius 1 is 1.39 bits per heavy atom. The Morgan fingerprint density at radius 3 is 2.89 bits per heavy atom. The third kappa shape index (κ3) is 3.03. The molecule has 0 aliphatic rings. The highest BCUT2D eigenvalue weighted by Gasteiger charge is 2.07. The van der Waals surface area contributed by atoms with Crippen molar-refractivity contribution in [1.29, 1.82) is 0 Å². The van der Waals surface area contributed by atoms with E-state index in [1.54, 1.807) is 18.4 Å². The molecule has 0 amide bonds. The van der Waals surface area contributed by atoms with Gasteiger partial charge >= 0.3 is 0 Å². The van der Waals surface area contributed by atoms with Crippen molar-refractivity contribution < 1.29 is 4.74 Å². The van der Waals surface area contributed by atoms with Gasteiger partial charge in [-0.15, -0.1) is 22.9 Å². The van der Waals surface area contributed by atoms with Gasteiger partial charge in [-0.2, -0.15) is 0 Å². The van der Waals surface area contributed by atoms with E-state index in [2.05, 4.69) is 22.5 Å². The van der Waals surface area contributed by atoms with Crippen LogP contribution in [0.2, 0.25) is 0 Å². The van der Waals surface area contributed by atoms with Gasteiger partial charge in [0.05, 0.1) is 12.8 Å². The molecule has 0 aliphatic heterocycles. The summed E-state index contributed by atoms with van der Waals surface area (Å²) in [5.41, 5.74) is 3.41. The van der Waals surface area contributed by atoms with Crippen molar-refractivity contribution in [2.45, 2.75) is 19.8 Å². The van der Waals surface area contributed by atoms with E-state index in [0.29, 0.717) is 5.88 Å². The van der Waals surface area contributed by atoms with Crippen molar-refractivity contribution in [3.8, 4) is 16.3 Å². The van der Waals surface area contributed by atoms with E-state index in [1.165, 1.54) is 0 Å². The smallest absolute Gasteiger partial charge is 0.123 e. The van der Waals surface area contributed by atoms with Crippen LogP contribution in [-0.2, 0) is 6.42 Å². The van der Waals surface area contributed by atoms with Gasteiger partial charge in [-0.1, -0.05) is 0 Å². The fourth-order valence-corrected chi connectivity index (χ4v) is 2.80. The zero-order chi connectivity index (χ0) is 13.0. The second-order valence-corrected chi connectivity index (χ2v) is 5.36. The summed E-state index contributed by atoms with van der Waals surface area (Å²) in [6, 6.07) is 6.16. The van der Waals surface area contributed by atoms with Crippen LogP contribution in [-0.4, -0.2) is 18.0 Å². The second kappa shape index (κ2) is 6.21. The molecule has 1 aromatic carbocycles. The molecule has 4 heteroatoms. The third-order valence-electron chi connectivity index (χ3n) is 2.76. The minimum atomic E-state index is 0.689. The number of rotatable bonds is 5. The van der Waals surface area contributed by atoms with Crippen molar-refractivity contribution >= 4 is 22.9 Å². The molecule has 0 fully saturated rings. The highest BCUT2D eigenvalue weighted by atomic mass is 35.5. The third-order valence-corrected chi connectivity index (χ3v) is 3.97. The van der Waals surface area contributed by atoms with Gasteiger partial charge in [0.15, 0.2) is 0 Å². The number of aromatic nitrogens is 1. The minimum absolute atomic E-state index is 0.689. The van der Waals surface area contributed by atoms with Crippen LogP contribution in [0.25, 0.3) is 10.6 Å². The lowest BCUT2D eigenvalue weighted by atomic mass is 10.1. The Balaban J connectivity index is 2.20. The van der Waals surface area contributed by atoms with Gasteiger partial charge in [0.1, 0.15) is 10.8 Å². The normalized spacial score (nSPS) is 10.6. The molecule has 2 nitrogen and oxygen atoms in total. The van der Waals surface area contributed by atoms with Crippen molar-refractivity contribution in [2.24, 2.45) is 0 Å². The largest absolute Gasteiger partial charge is 0.496 e. The highest BCUT2D eigenvalue weighted by Crippen LogP contribution is 2.28. The maximum Gasteiger partial charge on any atom is 0.123 e. The molecule has 0 bridgehead atoms. The number of ether oxygens (including phenoxy) is 1. The first-order valence-electron chi connectivity index (χ1n) is 5.90. The molecule has 96 valence electrons. The summed E-state index contributed by atoms with van der Waals surface area (Å²) in [6.07, 6.45) is 1.93. The number of halogens is 1. The van der Waals surface area contributed by atoms with Crippen molar-refractivity contribution in [2.75, 3.05) is 13.0 Å². The van der Waals surface area contributed by atoms with Gasteiger partial charge in [0, 0.05) is 16.8 Å². The summed E-state index contributed by atoms with van der Waals surface area (Å²) in [5.74, 6) is 1.60. The van der Waals surface area contributed by atoms with Gasteiger partial charge in [0.2, 0.25) is 0 Å². The fraction of sp³-hybridized carbons (Fsp3) is 0.357. The van der Waals surface area contributed by atoms with Crippen LogP contribution >= 0.6 is 22.9 Å². The standard InChI is InChI=1S/C14H16ClNOS/c1-10-8-11(5-6-13(10)17-2)14-16-12(9-18-14)4-3-7-15/h5-6,8-9H,3-4,7H2,1-2H3. The monoisotopic (exact) mass is 281 g/mol. The lowest BCUT2D eigenvalue weighted by Crippen LogP contribution is -1.89. The Morgan fingerprint density at radius 2 is 2.22 bits per heavy atom. The Hall–Kier alpha value is -1.06. The van der Waals surface area contributed by atoms with E-state index in [9.17, 15) is 0 Å². The minimum Gasteiger partial charge on any atom is -0.496 e. The van der Waals surface area contributed by atoms with Gasteiger partial charge < -0.3 is 4.74 Å². The number of aryl methyl sites for hydroxylation is 2. The summed E-state index contributed by atoms with van der Waals surface area (Å²) >= 11 is 7.37. The van der Waals surface area contributed by atoms with E-state index in [1.807, 2.05) is 13.0 Å². The van der Waals surface area contributed by atoms with Crippen molar-refractivity contribution in [1.82, 2.24) is 4.98 Å². The lowest BCUT2D eigenvalue weighted by Gasteiger charge is -2.05. The molecular weight excluding hydrogens is 266 g/mol. The van der Waals surface area contributed by atoms with Crippen LogP contribution in [0.15, 0.2) is 23.6 Å². The van der Waals surface area contributed by atoms with Gasteiger partial charge in [-0.3, -0.25) is 0 Å². The molecule has 0 saturated carbocycles. The first-order valence-corrected chi connectivity index (χ1v) is 7.31. The average Bonchev–Trinajstić information content (AvgIpc) is 2.85. The van der Waals surface area contributed by atoms with Crippen molar-refractivity contribution in [3.63, 3.8) is 0 Å². The van der Waals surface area contributed by atoms with E-state index in [-0.39, 0.29) is 0 Å². The lowest BCUT2D eigenvalue weighted by molar-refractivity contribution is 0.412. The van der Waals surface area contributed by atoms with Gasteiger partial charge in [-0.05, 0) is 43.5 Å². The van der Waals surface area contributed by atoms with Crippen LogP contribution in [0.3, 0.4) is 0 Å². The summed E-state index contributed by atoms with van der Waals surface area (Å²) in [6.45, 7) is 2.05. The molecule has 18 heavy (non-hydrogen) atoms. The second-order valence-electron chi connectivity index (χ2n) is 4.12. The first kappa shape index (κ1) is 13.4. The Labute approximate surface area is 117 Å². The number of methoxy groups -OCH3 is 1. The molecule has 1 heterocycles. The van der Waals surface area contributed by atoms with Gasteiger partial charge in [-0.25, -0.2) is 4.98 Å². The average molecular weight is 282 g/mol. The molecule has 0 atom stereocenters. The number of nitrogens with zero attached hydrogens (tertiary/aromatic N) is 1. The van der Waals surface area contributed by atoms with Crippen LogP contribution in [0.5, 0.6) is 5.75 Å². The number of hydrogen-bond donors (Lipinski definition) is 0. The van der Waals surface area contributed by atoms with E-state index in [4.69, 9.17) is 16.3 Å². The van der Waals surface area contributed by atoms with E-state index >= 15 is 0 Å². The van der Waals surface area contributed by atoms with Crippen molar-refractivity contribution in [3.05, 3.63) is 34.8 Å². The quantitative estimate of drug-likeness (QED) is 0.763. The predicted molar refractivity (Wildman–Crippen MR) is 77.9 cm³/mol. The van der Waals surface area contributed by atoms with Crippen LogP contribution in [0.4, 0.5) is 0 Å². The Kier molecular flexibility index (Phi) is 4.61. The predicted octanol–water partition coefficient (Wildman–Crippen LogP) is 4.30. The van der Waals surface area contributed by atoms with Crippen LogP contribution in [0.1, 0.15) is 17.7 Å². The number of alkyl halides is 1. The van der Waals surface area contributed by atoms with E-state index < -0.39 is 0 Å². The van der Waals surface area contributed by atoms with Crippen LogP contribution in [0, 0.1) is 6.92 Å². The van der Waals surface area contributed by atoms with Crippen LogP contribution < -0.4 is 4.74 Å². The molecule has 1 aromatic heterocycles. The molecule has 0 radical (unpaired) electrons. The number of hydrogen-bond acceptors (Lipinski definition) is 3. The molecule has 0 aliphatic carbocycles. The number of thiazole rings is 1. The molecule has 0 saturated heterocycles. The topological polar surface area (TPSA) is 22.1 Å². The summed E-state index contributed by atoms with van der Waals surface area (Å²) in [5, 5.41) is 3.17. The summed E-state index contributed by atoms with van der Waals surface area (Å²) < 4.78 is 5.26. The highest BCUT2D eigenvalue weighted by molar-refractivity contribution is 7.13. The zero-order valence-corrected chi connectivity index (χ0v) is 12.1. The molecule has 0 unspecified atom stereocenters. The zero-order valence-electron chi connectivity index (χ0n) is 10.6. The summed E-state index contributed by atoms with van der Waals surface area (Å²) in [4.78, 5) is 4.63. The molecule has 2 rings (SSSR count). The molecule has 2 aromatic rings. The Bertz CT molecular complexity index is 524. The molecular formula is C14H16ClNOS.